The summed E-state index contributed by atoms with van der Waals surface area (Å²) in [4.78, 5) is 26.9. The van der Waals surface area contributed by atoms with Gasteiger partial charge in [-0.05, 0) is 45.2 Å². The van der Waals surface area contributed by atoms with Crippen LogP contribution in [0.4, 0.5) is 0 Å². The number of nitrogens with zero attached hydrogens (tertiary/aromatic N) is 1. The number of carbonyl (C=O) groups is 2. The Morgan fingerprint density at radius 1 is 1.29 bits per heavy atom. The lowest BCUT2D eigenvalue weighted by Gasteiger charge is -2.45. The van der Waals surface area contributed by atoms with Crippen molar-refractivity contribution in [1.29, 1.82) is 0 Å². The standard InChI is InChI=1S/C17H24N2O2/c1-6-14-15(20)18-17(4,5)16(21)19(14)12(3)13-10-8-7-9-11(13)2/h7-10,12,14H,6H2,1-5H3,(H,18,20). The first kappa shape index (κ1) is 15.5. The second-order valence-corrected chi connectivity index (χ2v) is 6.28. The van der Waals surface area contributed by atoms with Gasteiger partial charge in [0.05, 0.1) is 6.04 Å². The van der Waals surface area contributed by atoms with Crippen LogP contribution in [0.15, 0.2) is 24.3 Å². The quantitative estimate of drug-likeness (QED) is 0.929. The first-order valence-electron chi connectivity index (χ1n) is 7.50. The van der Waals surface area contributed by atoms with Gasteiger partial charge in [-0.15, -0.1) is 0 Å². The highest BCUT2D eigenvalue weighted by Crippen LogP contribution is 2.31. The van der Waals surface area contributed by atoms with Gasteiger partial charge in [-0.2, -0.15) is 0 Å². The van der Waals surface area contributed by atoms with Crippen molar-refractivity contribution in [2.45, 2.75) is 58.7 Å². The van der Waals surface area contributed by atoms with E-state index in [4.69, 9.17) is 0 Å². The third kappa shape index (κ3) is 2.67. The SMILES string of the molecule is CCC1C(=O)NC(C)(C)C(=O)N1C(C)c1ccccc1C. The number of hydrogen-bond acceptors (Lipinski definition) is 2. The topological polar surface area (TPSA) is 49.4 Å². The lowest BCUT2D eigenvalue weighted by Crippen LogP contribution is -2.68. The van der Waals surface area contributed by atoms with Crippen molar-refractivity contribution >= 4 is 11.8 Å². The van der Waals surface area contributed by atoms with Crippen molar-refractivity contribution in [2.75, 3.05) is 0 Å². The predicted molar refractivity (Wildman–Crippen MR) is 82.7 cm³/mol. The molecule has 1 aliphatic rings. The molecule has 1 saturated heterocycles. The van der Waals surface area contributed by atoms with Crippen molar-refractivity contribution in [3.8, 4) is 0 Å². The van der Waals surface area contributed by atoms with Crippen LogP contribution in [0.3, 0.4) is 0 Å². The fourth-order valence-electron chi connectivity index (χ4n) is 3.07. The van der Waals surface area contributed by atoms with Gasteiger partial charge in [-0.3, -0.25) is 9.59 Å². The Hall–Kier alpha value is -1.84. The first-order valence-corrected chi connectivity index (χ1v) is 7.50. The number of hydrogen-bond donors (Lipinski definition) is 1. The number of aryl methyl sites for hydroxylation is 1. The van der Waals surface area contributed by atoms with Gasteiger partial charge in [0.2, 0.25) is 11.8 Å². The summed E-state index contributed by atoms with van der Waals surface area (Å²) in [6.45, 7) is 9.49. The van der Waals surface area contributed by atoms with Crippen LogP contribution in [-0.2, 0) is 9.59 Å². The van der Waals surface area contributed by atoms with Crippen molar-refractivity contribution in [2.24, 2.45) is 0 Å². The third-order valence-electron chi connectivity index (χ3n) is 4.29. The molecule has 1 heterocycles. The van der Waals surface area contributed by atoms with E-state index in [9.17, 15) is 9.59 Å². The summed E-state index contributed by atoms with van der Waals surface area (Å²) in [7, 11) is 0. The normalized spacial score (nSPS) is 22.9. The minimum Gasteiger partial charge on any atom is -0.340 e. The largest absolute Gasteiger partial charge is 0.340 e. The maximum atomic E-state index is 12.8. The molecule has 0 radical (unpaired) electrons. The van der Waals surface area contributed by atoms with E-state index in [0.29, 0.717) is 6.42 Å². The van der Waals surface area contributed by atoms with E-state index >= 15 is 0 Å². The van der Waals surface area contributed by atoms with Crippen LogP contribution in [0.1, 0.15) is 51.3 Å². The average Bonchev–Trinajstić information content (AvgIpc) is 2.42. The molecule has 4 nitrogen and oxygen atoms in total. The van der Waals surface area contributed by atoms with Gasteiger partial charge in [0.25, 0.3) is 0 Å². The first-order chi connectivity index (χ1) is 9.79. The van der Waals surface area contributed by atoms with Crippen molar-refractivity contribution in [3.63, 3.8) is 0 Å². The number of carbonyl (C=O) groups excluding carboxylic acids is 2. The summed E-state index contributed by atoms with van der Waals surface area (Å²) in [5, 5.41) is 2.83. The van der Waals surface area contributed by atoms with Crippen molar-refractivity contribution in [3.05, 3.63) is 35.4 Å². The number of nitrogens with one attached hydrogen (secondary N) is 1. The lowest BCUT2D eigenvalue weighted by molar-refractivity contribution is -0.156. The van der Waals surface area contributed by atoms with Crippen LogP contribution in [0.2, 0.25) is 0 Å². The number of benzene rings is 1. The monoisotopic (exact) mass is 288 g/mol. The molecule has 2 unspecified atom stereocenters. The van der Waals surface area contributed by atoms with E-state index in [-0.39, 0.29) is 17.9 Å². The van der Waals surface area contributed by atoms with Crippen LogP contribution >= 0.6 is 0 Å². The van der Waals surface area contributed by atoms with Crippen LogP contribution in [0, 0.1) is 6.92 Å². The molecule has 21 heavy (non-hydrogen) atoms. The highest BCUT2D eigenvalue weighted by Gasteiger charge is 2.46. The number of rotatable bonds is 3. The molecule has 0 spiro atoms. The Bertz CT molecular complexity index is 566. The van der Waals surface area contributed by atoms with Gasteiger partial charge in [0.15, 0.2) is 0 Å². The number of amides is 2. The van der Waals surface area contributed by atoms with Gasteiger partial charge >= 0.3 is 0 Å². The van der Waals surface area contributed by atoms with E-state index < -0.39 is 11.6 Å². The van der Waals surface area contributed by atoms with Gasteiger partial charge < -0.3 is 10.2 Å². The average molecular weight is 288 g/mol. The van der Waals surface area contributed by atoms with Crippen LogP contribution in [-0.4, -0.2) is 28.3 Å². The van der Waals surface area contributed by atoms with Gasteiger partial charge in [-0.1, -0.05) is 31.2 Å². The maximum absolute atomic E-state index is 12.8. The molecule has 1 fully saturated rings. The molecular weight excluding hydrogens is 264 g/mol. The molecule has 0 saturated carbocycles. The Kier molecular flexibility index (Phi) is 4.08. The Morgan fingerprint density at radius 3 is 2.48 bits per heavy atom. The molecule has 0 aliphatic carbocycles. The highest BCUT2D eigenvalue weighted by atomic mass is 16.2. The summed E-state index contributed by atoms with van der Waals surface area (Å²) in [6, 6.07) is 7.50. The van der Waals surface area contributed by atoms with Crippen LogP contribution in [0.25, 0.3) is 0 Å². The summed E-state index contributed by atoms with van der Waals surface area (Å²) in [5.74, 6) is -0.0905. The summed E-state index contributed by atoms with van der Waals surface area (Å²) < 4.78 is 0. The second-order valence-electron chi connectivity index (χ2n) is 6.28. The Labute approximate surface area is 126 Å². The third-order valence-corrected chi connectivity index (χ3v) is 4.29. The molecule has 0 bridgehead atoms. The molecular formula is C17H24N2O2. The van der Waals surface area contributed by atoms with Crippen LogP contribution < -0.4 is 5.32 Å². The fraction of sp³-hybridized carbons (Fsp3) is 0.529. The predicted octanol–water partition coefficient (Wildman–Crippen LogP) is 2.57. The maximum Gasteiger partial charge on any atom is 0.248 e. The van der Waals surface area contributed by atoms with E-state index in [1.165, 1.54) is 0 Å². The Morgan fingerprint density at radius 2 is 1.90 bits per heavy atom. The number of piperazine rings is 1. The summed E-state index contributed by atoms with van der Waals surface area (Å²) in [5.41, 5.74) is 1.38. The molecule has 1 aliphatic heterocycles. The zero-order chi connectivity index (χ0) is 15.8. The zero-order valence-electron chi connectivity index (χ0n) is 13.4. The smallest absolute Gasteiger partial charge is 0.248 e. The molecule has 2 amide bonds. The van der Waals surface area contributed by atoms with Gasteiger partial charge in [0, 0.05) is 0 Å². The molecule has 0 aromatic heterocycles. The van der Waals surface area contributed by atoms with Crippen molar-refractivity contribution in [1.82, 2.24) is 10.2 Å². The van der Waals surface area contributed by atoms with E-state index in [0.717, 1.165) is 11.1 Å². The second kappa shape index (κ2) is 5.51. The summed E-state index contributed by atoms with van der Waals surface area (Å²) >= 11 is 0. The Balaban J connectivity index is 2.44. The summed E-state index contributed by atoms with van der Waals surface area (Å²) in [6.07, 6.45) is 0.615. The molecule has 1 aromatic rings. The zero-order valence-corrected chi connectivity index (χ0v) is 13.4. The van der Waals surface area contributed by atoms with Gasteiger partial charge in [-0.25, -0.2) is 0 Å². The van der Waals surface area contributed by atoms with Crippen LogP contribution in [0.5, 0.6) is 0 Å². The highest BCUT2D eigenvalue weighted by molar-refractivity contribution is 5.99. The van der Waals surface area contributed by atoms with E-state index in [1.54, 1.807) is 18.7 Å². The minimum absolute atomic E-state index is 0.0234. The molecule has 4 heteroatoms. The van der Waals surface area contributed by atoms with Crippen molar-refractivity contribution < 1.29 is 9.59 Å². The minimum atomic E-state index is -0.848. The molecule has 114 valence electrons. The molecule has 2 atom stereocenters. The van der Waals surface area contributed by atoms with E-state index in [2.05, 4.69) is 5.32 Å². The lowest BCUT2D eigenvalue weighted by atomic mass is 9.91. The molecule has 1 aromatic carbocycles. The molecule has 1 N–H and O–H groups in total. The van der Waals surface area contributed by atoms with E-state index in [1.807, 2.05) is 45.0 Å². The fourth-order valence-corrected chi connectivity index (χ4v) is 3.07. The molecule has 2 rings (SSSR count). The van der Waals surface area contributed by atoms with Gasteiger partial charge in [0.1, 0.15) is 11.6 Å².